The van der Waals surface area contributed by atoms with Crippen molar-refractivity contribution in [3.63, 3.8) is 0 Å². The number of carbonyl (C=O) groups is 1. The maximum absolute atomic E-state index is 12.7. The van der Waals surface area contributed by atoms with Gasteiger partial charge in [0.2, 0.25) is 0 Å². The van der Waals surface area contributed by atoms with Gasteiger partial charge in [-0.05, 0) is 55.0 Å². The van der Waals surface area contributed by atoms with Crippen molar-refractivity contribution in [3.8, 4) is 11.1 Å². The Bertz CT molecular complexity index is 675. The molecule has 0 aliphatic carbocycles. The fourth-order valence-corrected chi connectivity index (χ4v) is 4.06. The van der Waals surface area contributed by atoms with Crippen LogP contribution in [0.2, 0.25) is 0 Å². The van der Waals surface area contributed by atoms with Crippen molar-refractivity contribution in [2.24, 2.45) is 5.92 Å². The lowest BCUT2D eigenvalue weighted by Gasteiger charge is -2.44. The fourth-order valence-electron chi connectivity index (χ4n) is 4.06. The molecule has 5 rings (SSSR count). The van der Waals surface area contributed by atoms with E-state index >= 15 is 0 Å². The van der Waals surface area contributed by atoms with Crippen molar-refractivity contribution >= 4 is 18.2 Å². The van der Waals surface area contributed by atoms with Crippen molar-refractivity contribution in [1.29, 1.82) is 0 Å². The van der Waals surface area contributed by atoms with Crippen LogP contribution in [0, 0.1) is 5.92 Å². The predicted octanol–water partition coefficient (Wildman–Crippen LogP) is 4.37. The predicted molar refractivity (Wildman–Crippen MR) is 101 cm³/mol. The highest BCUT2D eigenvalue weighted by atomic mass is 35.5. The molecule has 0 radical (unpaired) electrons. The summed E-state index contributed by atoms with van der Waals surface area (Å²) in [6, 6.07) is 19.0. The zero-order chi connectivity index (χ0) is 15.6. The average Bonchev–Trinajstić information content (AvgIpc) is 2.64. The molecule has 3 aliphatic rings. The van der Waals surface area contributed by atoms with E-state index in [0.29, 0.717) is 12.2 Å². The van der Waals surface area contributed by atoms with Crippen LogP contribution in [-0.2, 0) is 11.2 Å². The Balaban J connectivity index is 0.00000169. The summed E-state index contributed by atoms with van der Waals surface area (Å²) >= 11 is 0. The van der Waals surface area contributed by atoms with Crippen molar-refractivity contribution in [2.75, 3.05) is 13.1 Å². The van der Waals surface area contributed by atoms with Crippen LogP contribution in [-0.4, -0.2) is 29.8 Å². The van der Waals surface area contributed by atoms with E-state index in [1.807, 2.05) is 6.07 Å². The standard InChI is InChI=1S/C21H23NO.ClH/c23-21(20-14-17-10-12-22(20)13-11-17)15-16-6-8-19(9-7-16)18-4-2-1-3-5-18;/h1-9,17,20H,10-15H2;1H. The molecule has 3 fully saturated rings. The molecular weight excluding hydrogens is 318 g/mol. The summed E-state index contributed by atoms with van der Waals surface area (Å²) in [5.74, 6) is 1.19. The molecule has 2 aromatic carbocycles. The minimum atomic E-state index is 0. The summed E-state index contributed by atoms with van der Waals surface area (Å²) in [5, 5.41) is 0. The quantitative estimate of drug-likeness (QED) is 0.823. The number of benzene rings is 2. The van der Waals surface area contributed by atoms with Gasteiger partial charge in [-0.1, -0.05) is 54.6 Å². The van der Waals surface area contributed by atoms with Crippen molar-refractivity contribution in [1.82, 2.24) is 4.90 Å². The Kier molecular flexibility index (Phi) is 5.37. The van der Waals surface area contributed by atoms with E-state index < -0.39 is 0 Å². The summed E-state index contributed by atoms with van der Waals surface area (Å²) in [6.07, 6.45) is 4.23. The number of rotatable bonds is 4. The molecule has 2 aromatic rings. The van der Waals surface area contributed by atoms with Crippen LogP contribution in [0.4, 0.5) is 0 Å². The van der Waals surface area contributed by atoms with Crippen LogP contribution in [0.25, 0.3) is 11.1 Å². The Morgan fingerprint density at radius 2 is 1.54 bits per heavy atom. The number of fused-ring (bicyclic) bond motifs is 3. The highest BCUT2D eigenvalue weighted by Crippen LogP contribution is 2.32. The van der Waals surface area contributed by atoms with Crippen LogP contribution >= 0.6 is 12.4 Å². The SMILES string of the molecule is Cl.O=C(Cc1ccc(-c2ccccc2)cc1)C1CC2CCN1CC2. The van der Waals surface area contributed by atoms with Crippen molar-refractivity contribution in [2.45, 2.75) is 31.7 Å². The molecule has 2 nitrogen and oxygen atoms in total. The lowest BCUT2D eigenvalue weighted by Crippen LogP contribution is -2.52. The lowest BCUT2D eigenvalue weighted by atomic mass is 9.81. The van der Waals surface area contributed by atoms with Gasteiger partial charge in [0.15, 0.2) is 5.78 Å². The normalized spacial score (nSPS) is 25.1. The average molecular weight is 342 g/mol. The van der Waals surface area contributed by atoms with E-state index in [1.54, 1.807) is 0 Å². The summed E-state index contributed by atoms with van der Waals surface area (Å²) in [5.41, 5.74) is 3.57. The number of halogens is 1. The third-order valence-corrected chi connectivity index (χ3v) is 5.46. The molecule has 126 valence electrons. The molecule has 1 atom stereocenters. The highest BCUT2D eigenvalue weighted by Gasteiger charge is 2.36. The van der Waals surface area contributed by atoms with Crippen LogP contribution in [0.3, 0.4) is 0 Å². The first-order valence-electron chi connectivity index (χ1n) is 8.71. The molecule has 1 unspecified atom stereocenters. The second kappa shape index (κ2) is 7.50. The summed E-state index contributed by atoms with van der Waals surface area (Å²) in [4.78, 5) is 15.1. The Labute approximate surface area is 150 Å². The third kappa shape index (κ3) is 3.55. The molecule has 2 bridgehead atoms. The van der Waals surface area contributed by atoms with Crippen LogP contribution in [0.5, 0.6) is 0 Å². The molecule has 0 amide bonds. The number of piperidine rings is 3. The van der Waals surface area contributed by atoms with E-state index in [9.17, 15) is 4.79 Å². The van der Waals surface area contributed by atoms with Crippen molar-refractivity contribution in [3.05, 3.63) is 60.2 Å². The minimum absolute atomic E-state index is 0. The first-order valence-corrected chi connectivity index (χ1v) is 8.71. The number of hydrogen-bond donors (Lipinski definition) is 0. The van der Waals surface area contributed by atoms with Crippen LogP contribution in [0.1, 0.15) is 24.8 Å². The molecule has 3 heteroatoms. The van der Waals surface area contributed by atoms with Gasteiger partial charge in [-0.2, -0.15) is 0 Å². The topological polar surface area (TPSA) is 20.3 Å². The molecule has 3 heterocycles. The zero-order valence-electron chi connectivity index (χ0n) is 13.9. The molecule has 24 heavy (non-hydrogen) atoms. The van der Waals surface area contributed by atoms with E-state index in [0.717, 1.165) is 31.0 Å². The molecule has 3 aliphatic heterocycles. The third-order valence-electron chi connectivity index (χ3n) is 5.46. The number of Topliss-reactive ketones (excluding diaryl/α,β-unsaturated/α-hetero) is 1. The number of ketones is 1. The van der Waals surface area contributed by atoms with Gasteiger partial charge in [0.25, 0.3) is 0 Å². The molecule has 3 saturated heterocycles. The van der Waals surface area contributed by atoms with E-state index in [4.69, 9.17) is 0 Å². The minimum Gasteiger partial charge on any atom is -0.298 e. The molecule has 0 saturated carbocycles. The second-order valence-corrected chi connectivity index (χ2v) is 6.94. The Hall–Kier alpha value is -1.64. The number of hydrogen-bond acceptors (Lipinski definition) is 2. The largest absolute Gasteiger partial charge is 0.298 e. The Morgan fingerprint density at radius 1 is 0.917 bits per heavy atom. The Morgan fingerprint density at radius 3 is 2.12 bits per heavy atom. The van der Waals surface area contributed by atoms with Gasteiger partial charge in [-0.25, -0.2) is 0 Å². The van der Waals surface area contributed by atoms with Gasteiger partial charge in [0, 0.05) is 6.42 Å². The first-order chi connectivity index (χ1) is 11.3. The van der Waals surface area contributed by atoms with Gasteiger partial charge in [-0.15, -0.1) is 12.4 Å². The summed E-state index contributed by atoms with van der Waals surface area (Å²) < 4.78 is 0. The molecule has 0 aromatic heterocycles. The second-order valence-electron chi connectivity index (χ2n) is 6.94. The smallest absolute Gasteiger partial charge is 0.154 e. The van der Waals surface area contributed by atoms with Gasteiger partial charge in [0.1, 0.15) is 0 Å². The molecule has 0 N–H and O–H groups in total. The van der Waals surface area contributed by atoms with E-state index in [2.05, 4.69) is 53.4 Å². The summed E-state index contributed by atoms with van der Waals surface area (Å²) in [6.45, 7) is 2.24. The number of nitrogens with zero attached hydrogens (tertiary/aromatic N) is 1. The molecule has 0 spiro atoms. The fraction of sp³-hybridized carbons (Fsp3) is 0.381. The monoisotopic (exact) mass is 341 g/mol. The van der Waals surface area contributed by atoms with Gasteiger partial charge in [-0.3, -0.25) is 9.69 Å². The van der Waals surface area contributed by atoms with Crippen LogP contribution in [0.15, 0.2) is 54.6 Å². The van der Waals surface area contributed by atoms with Gasteiger partial charge >= 0.3 is 0 Å². The maximum Gasteiger partial charge on any atom is 0.154 e. The van der Waals surface area contributed by atoms with Crippen LogP contribution < -0.4 is 0 Å². The van der Waals surface area contributed by atoms with E-state index in [-0.39, 0.29) is 18.4 Å². The van der Waals surface area contributed by atoms with Crippen molar-refractivity contribution < 1.29 is 4.79 Å². The lowest BCUT2D eigenvalue weighted by molar-refractivity contribution is -0.127. The molecular formula is C21H24ClNO. The highest BCUT2D eigenvalue weighted by molar-refractivity contribution is 5.86. The maximum atomic E-state index is 12.7. The van der Waals surface area contributed by atoms with Gasteiger partial charge < -0.3 is 0 Å². The van der Waals surface area contributed by atoms with Gasteiger partial charge in [0.05, 0.1) is 6.04 Å². The first kappa shape index (κ1) is 17.2. The zero-order valence-corrected chi connectivity index (χ0v) is 14.7. The van der Waals surface area contributed by atoms with E-state index in [1.165, 1.54) is 24.0 Å². The summed E-state index contributed by atoms with van der Waals surface area (Å²) in [7, 11) is 0. The number of carbonyl (C=O) groups excluding carboxylic acids is 1.